The van der Waals surface area contributed by atoms with Gasteiger partial charge in [0.05, 0.1) is 13.2 Å². The Hall–Kier alpha value is -1.96. The molecule has 0 amide bonds. The number of hydroxylamine groups is 2. The van der Waals surface area contributed by atoms with Crippen molar-refractivity contribution in [2.75, 3.05) is 31.1 Å². The number of para-hydroxylation sites is 1. The minimum Gasteiger partial charge on any atom is -0.492 e. The van der Waals surface area contributed by atoms with Gasteiger partial charge in [0.25, 0.3) is 0 Å². The Morgan fingerprint density at radius 3 is 2.75 bits per heavy atom. The van der Waals surface area contributed by atoms with Crippen LogP contribution in [-0.2, 0) is 0 Å². The fourth-order valence-electron chi connectivity index (χ4n) is 3.30. The Morgan fingerprint density at radius 1 is 1.25 bits per heavy atom. The minimum atomic E-state index is 0.277. The van der Waals surface area contributed by atoms with Crippen LogP contribution >= 0.6 is 0 Å². The molecule has 2 aromatic rings. The highest BCUT2D eigenvalue weighted by molar-refractivity contribution is 5.93. The molecule has 7 nitrogen and oxygen atoms in total. The highest BCUT2D eigenvalue weighted by Crippen LogP contribution is 2.32. The predicted molar refractivity (Wildman–Crippen MR) is 90.5 cm³/mol. The molecule has 0 atom stereocenters. The van der Waals surface area contributed by atoms with Gasteiger partial charge in [0.1, 0.15) is 23.4 Å². The van der Waals surface area contributed by atoms with Gasteiger partial charge in [0.2, 0.25) is 0 Å². The maximum Gasteiger partial charge on any atom is 0.145 e. The summed E-state index contributed by atoms with van der Waals surface area (Å²) in [5.74, 6) is 2.25. The van der Waals surface area contributed by atoms with Gasteiger partial charge in [-0.3, -0.25) is 10.4 Å². The molecule has 1 saturated heterocycles. The lowest BCUT2D eigenvalue weighted by Gasteiger charge is -2.33. The molecule has 3 rings (SSSR count). The average molecular weight is 332 g/mol. The molecule has 2 N–H and O–H groups in total. The van der Waals surface area contributed by atoms with Gasteiger partial charge in [-0.1, -0.05) is 11.3 Å². The largest absolute Gasteiger partial charge is 0.492 e. The average Bonchev–Trinajstić information content (AvgIpc) is 2.60. The van der Waals surface area contributed by atoms with E-state index in [0.29, 0.717) is 19.1 Å². The van der Waals surface area contributed by atoms with E-state index in [1.165, 1.54) is 0 Å². The lowest BCUT2D eigenvalue weighted by molar-refractivity contribution is -0.307. The Morgan fingerprint density at radius 2 is 2.04 bits per heavy atom. The number of fused-ring (bicyclic) bond motifs is 1. The van der Waals surface area contributed by atoms with Gasteiger partial charge in [-0.05, 0) is 44.2 Å². The third-order valence-corrected chi connectivity index (χ3v) is 4.56. The number of aromatic nitrogens is 2. The van der Waals surface area contributed by atoms with E-state index in [1.54, 1.807) is 6.33 Å². The molecule has 1 aliphatic heterocycles. The van der Waals surface area contributed by atoms with Crippen molar-refractivity contribution in [2.45, 2.75) is 26.2 Å². The first kappa shape index (κ1) is 16.9. The van der Waals surface area contributed by atoms with Gasteiger partial charge in [-0.2, -0.15) is 0 Å². The molecule has 2 heterocycles. The van der Waals surface area contributed by atoms with Crippen molar-refractivity contribution in [3.8, 4) is 5.75 Å². The SMILES string of the molecule is CCOc1cccc2c(N3CCC(CCN(O)O)CC3)ncnc12. The number of anilines is 1. The second-order valence-corrected chi connectivity index (χ2v) is 6.10. The lowest BCUT2D eigenvalue weighted by Crippen LogP contribution is -2.35. The molecule has 0 spiro atoms. The summed E-state index contributed by atoms with van der Waals surface area (Å²) in [4.78, 5) is 11.2. The van der Waals surface area contributed by atoms with E-state index in [2.05, 4.69) is 14.9 Å². The third-order valence-electron chi connectivity index (χ3n) is 4.56. The molecule has 130 valence electrons. The number of ether oxygens (including phenoxy) is 1. The summed E-state index contributed by atoms with van der Waals surface area (Å²) in [6.07, 6.45) is 4.43. The topological polar surface area (TPSA) is 82.0 Å². The first-order valence-electron chi connectivity index (χ1n) is 8.45. The molecule has 1 aromatic carbocycles. The van der Waals surface area contributed by atoms with E-state index < -0.39 is 0 Å². The normalized spacial score (nSPS) is 16.1. The van der Waals surface area contributed by atoms with Crippen LogP contribution in [0.5, 0.6) is 5.75 Å². The molecule has 24 heavy (non-hydrogen) atoms. The van der Waals surface area contributed by atoms with Gasteiger partial charge in [0, 0.05) is 18.5 Å². The number of benzene rings is 1. The molecule has 7 heteroatoms. The van der Waals surface area contributed by atoms with Crippen molar-refractivity contribution in [3.63, 3.8) is 0 Å². The van der Waals surface area contributed by atoms with Gasteiger partial charge in [-0.25, -0.2) is 9.97 Å². The van der Waals surface area contributed by atoms with Crippen molar-refractivity contribution >= 4 is 16.7 Å². The van der Waals surface area contributed by atoms with E-state index in [1.807, 2.05) is 25.1 Å². The molecule has 0 saturated carbocycles. The minimum absolute atomic E-state index is 0.277. The number of rotatable bonds is 6. The molecular formula is C17H24N4O3. The summed E-state index contributed by atoms with van der Waals surface area (Å²) in [5, 5.41) is 19.0. The Labute approximate surface area is 141 Å². The Balaban J connectivity index is 1.75. The zero-order valence-electron chi connectivity index (χ0n) is 13.9. The molecular weight excluding hydrogens is 308 g/mol. The summed E-state index contributed by atoms with van der Waals surface area (Å²) >= 11 is 0. The summed E-state index contributed by atoms with van der Waals surface area (Å²) in [6.45, 7) is 4.68. The second kappa shape index (κ2) is 7.74. The lowest BCUT2D eigenvalue weighted by atomic mass is 9.93. The fraction of sp³-hybridized carbons (Fsp3) is 0.529. The highest BCUT2D eigenvalue weighted by atomic mass is 16.8. The van der Waals surface area contributed by atoms with Crippen LogP contribution in [0.4, 0.5) is 5.82 Å². The number of hydrogen-bond acceptors (Lipinski definition) is 7. The standard InChI is InChI=1S/C17H24N4O3/c1-2-24-15-5-3-4-14-16(15)18-12-19-17(14)20-9-6-13(7-10-20)8-11-21(22)23/h3-5,12-13,22-23H,2,6-11H2,1H3. The molecule has 0 radical (unpaired) electrons. The van der Waals surface area contributed by atoms with Gasteiger partial charge >= 0.3 is 0 Å². The first-order valence-corrected chi connectivity index (χ1v) is 8.45. The van der Waals surface area contributed by atoms with Crippen molar-refractivity contribution in [3.05, 3.63) is 24.5 Å². The molecule has 0 unspecified atom stereocenters. The zero-order valence-corrected chi connectivity index (χ0v) is 13.9. The van der Waals surface area contributed by atoms with Crippen LogP contribution in [0.2, 0.25) is 0 Å². The fourth-order valence-corrected chi connectivity index (χ4v) is 3.30. The van der Waals surface area contributed by atoms with Crippen LogP contribution < -0.4 is 9.64 Å². The summed E-state index contributed by atoms with van der Waals surface area (Å²) in [6, 6.07) is 5.95. The van der Waals surface area contributed by atoms with Gasteiger partial charge < -0.3 is 9.64 Å². The summed E-state index contributed by atoms with van der Waals surface area (Å²) in [7, 11) is 0. The summed E-state index contributed by atoms with van der Waals surface area (Å²) < 4.78 is 5.67. The smallest absolute Gasteiger partial charge is 0.145 e. The zero-order chi connectivity index (χ0) is 16.9. The first-order chi connectivity index (χ1) is 11.7. The second-order valence-electron chi connectivity index (χ2n) is 6.10. The maximum absolute atomic E-state index is 8.85. The van der Waals surface area contributed by atoms with E-state index >= 15 is 0 Å². The molecule has 1 aromatic heterocycles. The van der Waals surface area contributed by atoms with E-state index in [0.717, 1.165) is 54.8 Å². The summed E-state index contributed by atoms with van der Waals surface area (Å²) in [5.41, 5.74) is 0.850. The van der Waals surface area contributed by atoms with E-state index in [4.69, 9.17) is 15.2 Å². The van der Waals surface area contributed by atoms with Crippen LogP contribution in [0.25, 0.3) is 10.9 Å². The van der Waals surface area contributed by atoms with Gasteiger partial charge in [-0.15, -0.1) is 0 Å². The predicted octanol–water partition coefficient (Wildman–Crippen LogP) is 2.72. The van der Waals surface area contributed by atoms with Crippen LogP contribution in [0.3, 0.4) is 0 Å². The molecule has 1 fully saturated rings. The van der Waals surface area contributed by atoms with Crippen LogP contribution in [-0.4, -0.2) is 51.9 Å². The molecule has 0 aliphatic carbocycles. The van der Waals surface area contributed by atoms with E-state index in [-0.39, 0.29) is 5.23 Å². The quantitative estimate of drug-likeness (QED) is 0.787. The highest BCUT2D eigenvalue weighted by Gasteiger charge is 2.22. The van der Waals surface area contributed by atoms with Crippen LogP contribution in [0.15, 0.2) is 24.5 Å². The van der Waals surface area contributed by atoms with Crippen LogP contribution in [0, 0.1) is 5.92 Å². The molecule has 1 aliphatic rings. The third kappa shape index (κ3) is 3.75. The number of piperidine rings is 1. The molecule has 0 bridgehead atoms. The maximum atomic E-state index is 8.85. The number of hydrogen-bond donors (Lipinski definition) is 2. The Kier molecular flexibility index (Phi) is 5.44. The monoisotopic (exact) mass is 332 g/mol. The Bertz CT molecular complexity index is 672. The number of nitrogens with zero attached hydrogens (tertiary/aromatic N) is 4. The van der Waals surface area contributed by atoms with E-state index in [9.17, 15) is 0 Å². The van der Waals surface area contributed by atoms with Crippen molar-refractivity contribution in [2.24, 2.45) is 5.92 Å². The van der Waals surface area contributed by atoms with Gasteiger partial charge in [0.15, 0.2) is 0 Å². The van der Waals surface area contributed by atoms with Crippen molar-refractivity contribution < 1.29 is 15.2 Å². The van der Waals surface area contributed by atoms with Crippen LogP contribution in [0.1, 0.15) is 26.2 Å². The van der Waals surface area contributed by atoms with Crippen molar-refractivity contribution in [1.29, 1.82) is 0 Å². The van der Waals surface area contributed by atoms with Crippen molar-refractivity contribution in [1.82, 2.24) is 15.2 Å².